The van der Waals surface area contributed by atoms with Crippen LogP contribution in [0.3, 0.4) is 0 Å². The summed E-state index contributed by atoms with van der Waals surface area (Å²) in [6.45, 7) is 9.22. The molecule has 0 radical (unpaired) electrons. The SMILES string of the molecule is CCOc1cc(N)cc(NC(C)(CC)CC)c1. The first-order valence-electron chi connectivity index (χ1n) is 6.34. The Kier molecular flexibility index (Phi) is 4.67. The lowest BCUT2D eigenvalue weighted by Crippen LogP contribution is -2.32. The third kappa shape index (κ3) is 3.84. The third-order valence-corrected chi connectivity index (χ3v) is 3.25. The number of hydrogen-bond donors (Lipinski definition) is 2. The van der Waals surface area contributed by atoms with Gasteiger partial charge in [-0.3, -0.25) is 0 Å². The van der Waals surface area contributed by atoms with Crippen LogP contribution in [0.4, 0.5) is 11.4 Å². The fraction of sp³-hybridized carbons (Fsp3) is 0.571. The van der Waals surface area contributed by atoms with Crippen LogP contribution in [0, 0.1) is 0 Å². The van der Waals surface area contributed by atoms with Gasteiger partial charge in [0.25, 0.3) is 0 Å². The largest absolute Gasteiger partial charge is 0.494 e. The molecule has 0 aliphatic rings. The number of anilines is 2. The second kappa shape index (κ2) is 5.80. The van der Waals surface area contributed by atoms with Gasteiger partial charge in [0.1, 0.15) is 5.75 Å². The minimum atomic E-state index is 0.108. The number of nitrogens with two attached hydrogens (primary N) is 1. The smallest absolute Gasteiger partial charge is 0.123 e. The third-order valence-electron chi connectivity index (χ3n) is 3.25. The number of benzene rings is 1. The minimum Gasteiger partial charge on any atom is -0.494 e. The average molecular weight is 236 g/mol. The molecule has 0 heterocycles. The molecule has 3 N–H and O–H groups in total. The van der Waals surface area contributed by atoms with E-state index in [1.54, 1.807) is 0 Å². The van der Waals surface area contributed by atoms with Crippen molar-refractivity contribution in [2.45, 2.75) is 46.1 Å². The van der Waals surface area contributed by atoms with Crippen molar-refractivity contribution in [1.29, 1.82) is 0 Å². The highest BCUT2D eigenvalue weighted by molar-refractivity contribution is 5.60. The molecule has 1 aromatic carbocycles. The van der Waals surface area contributed by atoms with Gasteiger partial charge >= 0.3 is 0 Å². The molecule has 0 amide bonds. The van der Waals surface area contributed by atoms with Gasteiger partial charge < -0.3 is 15.8 Å². The van der Waals surface area contributed by atoms with Gasteiger partial charge in [-0.2, -0.15) is 0 Å². The molecular formula is C14H24N2O. The number of nitrogens with one attached hydrogen (secondary N) is 1. The first kappa shape index (κ1) is 13.7. The lowest BCUT2D eigenvalue weighted by molar-refractivity contribution is 0.340. The first-order chi connectivity index (χ1) is 8.03. The van der Waals surface area contributed by atoms with Gasteiger partial charge in [0.2, 0.25) is 0 Å². The van der Waals surface area contributed by atoms with Gasteiger partial charge in [0, 0.05) is 29.0 Å². The Morgan fingerprint density at radius 3 is 2.35 bits per heavy atom. The molecule has 0 bridgehead atoms. The molecule has 0 fully saturated rings. The van der Waals surface area contributed by atoms with E-state index < -0.39 is 0 Å². The van der Waals surface area contributed by atoms with E-state index in [-0.39, 0.29) is 5.54 Å². The Bertz CT molecular complexity index is 359. The zero-order valence-electron chi connectivity index (χ0n) is 11.3. The topological polar surface area (TPSA) is 47.3 Å². The van der Waals surface area contributed by atoms with E-state index in [4.69, 9.17) is 10.5 Å². The molecule has 0 aromatic heterocycles. The van der Waals surface area contributed by atoms with Gasteiger partial charge in [0.15, 0.2) is 0 Å². The predicted octanol–water partition coefficient (Wildman–Crippen LogP) is 3.66. The molecular weight excluding hydrogens is 212 g/mol. The summed E-state index contributed by atoms with van der Waals surface area (Å²) >= 11 is 0. The molecule has 0 aliphatic heterocycles. The van der Waals surface area contributed by atoms with E-state index in [0.29, 0.717) is 6.61 Å². The standard InChI is InChI=1S/C14H24N2O/c1-5-14(4,6-2)16-12-8-11(15)9-13(10-12)17-7-3/h8-10,16H,5-7,15H2,1-4H3. The molecule has 0 aliphatic carbocycles. The normalized spacial score (nSPS) is 11.3. The molecule has 0 spiro atoms. The monoisotopic (exact) mass is 236 g/mol. The lowest BCUT2D eigenvalue weighted by atomic mass is 9.95. The Balaban J connectivity index is 2.90. The summed E-state index contributed by atoms with van der Waals surface area (Å²) in [6, 6.07) is 5.80. The minimum absolute atomic E-state index is 0.108. The molecule has 1 rings (SSSR count). The van der Waals surface area contributed by atoms with Gasteiger partial charge in [-0.05, 0) is 32.8 Å². The zero-order valence-corrected chi connectivity index (χ0v) is 11.3. The summed E-state index contributed by atoms with van der Waals surface area (Å²) < 4.78 is 5.49. The summed E-state index contributed by atoms with van der Waals surface area (Å²) in [4.78, 5) is 0. The second-order valence-corrected chi connectivity index (χ2v) is 4.62. The number of nitrogen functional groups attached to an aromatic ring is 1. The van der Waals surface area contributed by atoms with E-state index in [9.17, 15) is 0 Å². The molecule has 0 unspecified atom stereocenters. The molecule has 0 saturated carbocycles. The van der Waals surface area contributed by atoms with E-state index in [1.807, 2.05) is 25.1 Å². The molecule has 17 heavy (non-hydrogen) atoms. The Labute approximate surface area is 104 Å². The highest BCUT2D eigenvalue weighted by atomic mass is 16.5. The van der Waals surface area contributed by atoms with Crippen LogP contribution in [0.1, 0.15) is 40.5 Å². The molecule has 96 valence electrons. The van der Waals surface area contributed by atoms with Crippen molar-refractivity contribution in [3.05, 3.63) is 18.2 Å². The first-order valence-corrected chi connectivity index (χ1v) is 6.34. The van der Waals surface area contributed by atoms with Crippen molar-refractivity contribution in [2.75, 3.05) is 17.7 Å². The quantitative estimate of drug-likeness (QED) is 0.741. The maximum Gasteiger partial charge on any atom is 0.123 e. The fourth-order valence-corrected chi connectivity index (χ4v) is 1.72. The maximum absolute atomic E-state index is 5.87. The van der Waals surface area contributed by atoms with Crippen LogP contribution < -0.4 is 15.8 Å². The zero-order chi connectivity index (χ0) is 12.9. The summed E-state index contributed by atoms with van der Waals surface area (Å²) in [5.74, 6) is 0.824. The maximum atomic E-state index is 5.87. The van der Waals surface area contributed by atoms with Gasteiger partial charge in [-0.25, -0.2) is 0 Å². The molecule has 1 aromatic rings. The van der Waals surface area contributed by atoms with Crippen LogP contribution in [0.2, 0.25) is 0 Å². The highest BCUT2D eigenvalue weighted by Gasteiger charge is 2.19. The van der Waals surface area contributed by atoms with E-state index >= 15 is 0 Å². The summed E-state index contributed by atoms with van der Waals surface area (Å²) in [7, 11) is 0. The van der Waals surface area contributed by atoms with Crippen LogP contribution in [-0.4, -0.2) is 12.1 Å². The fourth-order valence-electron chi connectivity index (χ4n) is 1.72. The van der Waals surface area contributed by atoms with Crippen molar-refractivity contribution in [1.82, 2.24) is 0 Å². The Morgan fingerprint density at radius 2 is 1.82 bits per heavy atom. The van der Waals surface area contributed by atoms with Gasteiger partial charge in [-0.15, -0.1) is 0 Å². The van der Waals surface area contributed by atoms with Crippen molar-refractivity contribution < 1.29 is 4.74 Å². The van der Waals surface area contributed by atoms with Crippen molar-refractivity contribution in [3.63, 3.8) is 0 Å². The van der Waals surface area contributed by atoms with Crippen LogP contribution in [0.5, 0.6) is 5.75 Å². The van der Waals surface area contributed by atoms with Crippen molar-refractivity contribution in [3.8, 4) is 5.75 Å². The predicted molar refractivity (Wildman–Crippen MR) is 74.6 cm³/mol. The summed E-state index contributed by atoms with van der Waals surface area (Å²) in [5, 5.41) is 3.53. The number of rotatable bonds is 6. The van der Waals surface area contributed by atoms with Gasteiger partial charge in [-0.1, -0.05) is 13.8 Å². The van der Waals surface area contributed by atoms with Crippen LogP contribution in [-0.2, 0) is 0 Å². The van der Waals surface area contributed by atoms with E-state index in [1.165, 1.54) is 0 Å². The molecule has 0 atom stereocenters. The second-order valence-electron chi connectivity index (χ2n) is 4.62. The summed E-state index contributed by atoms with van der Waals surface area (Å²) in [6.07, 6.45) is 2.14. The molecule has 3 nitrogen and oxygen atoms in total. The molecule has 0 saturated heterocycles. The number of ether oxygens (including phenoxy) is 1. The van der Waals surface area contributed by atoms with Crippen LogP contribution in [0.15, 0.2) is 18.2 Å². The van der Waals surface area contributed by atoms with Gasteiger partial charge in [0.05, 0.1) is 6.61 Å². The van der Waals surface area contributed by atoms with Crippen LogP contribution in [0.25, 0.3) is 0 Å². The Morgan fingerprint density at radius 1 is 1.18 bits per heavy atom. The summed E-state index contributed by atoms with van der Waals surface area (Å²) in [5.41, 5.74) is 7.74. The van der Waals surface area contributed by atoms with Crippen molar-refractivity contribution in [2.24, 2.45) is 0 Å². The average Bonchev–Trinajstić information content (AvgIpc) is 2.28. The highest BCUT2D eigenvalue weighted by Crippen LogP contribution is 2.27. The van der Waals surface area contributed by atoms with E-state index in [2.05, 4.69) is 26.1 Å². The number of hydrogen-bond acceptors (Lipinski definition) is 3. The lowest BCUT2D eigenvalue weighted by Gasteiger charge is -2.29. The molecule has 3 heteroatoms. The van der Waals surface area contributed by atoms with E-state index in [0.717, 1.165) is 30.0 Å². The van der Waals surface area contributed by atoms with Crippen LogP contribution >= 0.6 is 0 Å². The Hall–Kier alpha value is -1.38. The van der Waals surface area contributed by atoms with Crippen molar-refractivity contribution >= 4 is 11.4 Å².